The lowest BCUT2D eigenvalue weighted by Gasteiger charge is -2.14. The SMILES string of the molecule is CC(C)NCc1sccc1S(=O)(=O)NC(C)CC1CC1. The van der Waals surface area contributed by atoms with Gasteiger partial charge in [-0.3, -0.25) is 0 Å². The summed E-state index contributed by atoms with van der Waals surface area (Å²) in [4.78, 5) is 1.31. The predicted octanol–water partition coefficient (Wildman–Crippen LogP) is 2.71. The van der Waals surface area contributed by atoms with E-state index in [4.69, 9.17) is 0 Å². The minimum Gasteiger partial charge on any atom is -0.310 e. The van der Waals surface area contributed by atoms with E-state index in [0.29, 0.717) is 17.5 Å². The molecule has 4 nitrogen and oxygen atoms in total. The van der Waals surface area contributed by atoms with Gasteiger partial charge >= 0.3 is 0 Å². The summed E-state index contributed by atoms with van der Waals surface area (Å²) in [5, 5.41) is 5.12. The van der Waals surface area contributed by atoms with Gasteiger partial charge in [-0.2, -0.15) is 0 Å². The van der Waals surface area contributed by atoms with E-state index < -0.39 is 10.0 Å². The van der Waals surface area contributed by atoms with Crippen LogP contribution in [0.4, 0.5) is 0 Å². The topological polar surface area (TPSA) is 58.2 Å². The zero-order valence-electron chi connectivity index (χ0n) is 12.3. The van der Waals surface area contributed by atoms with E-state index in [9.17, 15) is 8.42 Å². The summed E-state index contributed by atoms with van der Waals surface area (Å²) in [6, 6.07) is 2.06. The summed E-state index contributed by atoms with van der Waals surface area (Å²) in [5.74, 6) is 0.720. The molecular weight excluding hydrogens is 292 g/mol. The number of hydrogen-bond acceptors (Lipinski definition) is 4. The molecule has 0 radical (unpaired) electrons. The van der Waals surface area contributed by atoms with Gasteiger partial charge in [0, 0.05) is 23.5 Å². The summed E-state index contributed by atoms with van der Waals surface area (Å²) < 4.78 is 27.7. The van der Waals surface area contributed by atoms with Crippen LogP contribution in [0.5, 0.6) is 0 Å². The zero-order chi connectivity index (χ0) is 14.8. The fourth-order valence-corrected chi connectivity index (χ4v) is 4.87. The third-order valence-electron chi connectivity index (χ3n) is 3.41. The maximum atomic E-state index is 12.4. The molecule has 1 aliphatic rings. The van der Waals surface area contributed by atoms with E-state index in [2.05, 4.69) is 23.9 Å². The largest absolute Gasteiger partial charge is 0.310 e. The van der Waals surface area contributed by atoms with Crippen LogP contribution in [0, 0.1) is 5.92 Å². The lowest BCUT2D eigenvalue weighted by Crippen LogP contribution is -2.33. The van der Waals surface area contributed by atoms with Gasteiger partial charge in [0.2, 0.25) is 10.0 Å². The van der Waals surface area contributed by atoms with Crippen LogP contribution in [0.15, 0.2) is 16.3 Å². The van der Waals surface area contributed by atoms with E-state index in [1.54, 1.807) is 6.07 Å². The molecule has 1 heterocycles. The zero-order valence-corrected chi connectivity index (χ0v) is 14.0. The van der Waals surface area contributed by atoms with E-state index in [1.165, 1.54) is 24.2 Å². The molecule has 1 fully saturated rings. The molecule has 0 saturated heterocycles. The predicted molar refractivity (Wildman–Crippen MR) is 83.4 cm³/mol. The fourth-order valence-electron chi connectivity index (χ4n) is 2.22. The number of sulfonamides is 1. The molecule has 1 aromatic heterocycles. The fraction of sp³-hybridized carbons (Fsp3) is 0.714. The molecule has 2 N–H and O–H groups in total. The molecule has 1 saturated carbocycles. The van der Waals surface area contributed by atoms with Crippen molar-refractivity contribution in [2.24, 2.45) is 5.92 Å². The Morgan fingerprint density at radius 1 is 1.35 bits per heavy atom. The summed E-state index contributed by atoms with van der Waals surface area (Å²) in [6.45, 7) is 6.66. The molecule has 0 aromatic carbocycles. The van der Waals surface area contributed by atoms with Crippen LogP contribution in [0.3, 0.4) is 0 Å². The standard InChI is InChI=1S/C14H24N2O2S2/c1-10(2)15-9-13-14(6-7-19-13)20(17,18)16-11(3)8-12-4-5-12/h6-7,10-12,15-16H,4-5,8-9H2,1-3H3. The smallest absolute Gasteiger partial charge is 0.241 e. The van der Waals surface area contributed by atoms with Gasteiger partial charge in [0.25, 0.3) is 0 Å². The first-order chi connectivity index (χ1) is 9.38. The molecule has 0 spiro atoms. The van der Waals surface area contributed by atoms with Crippen molar-refractivity contribution in [3.05, 3.63) is 16.3 Å². The Balaban J connectivity index is 2.02. The van der Waals surface area contributed by atoms with Crippen LogP contribution in [0.25, 0.3) is 0 Å². The van der Waals surface area contributed by atoms with Crippen LogP contribution in [0.1, 0.15) is 44.9 Å². The summed E-state index contributed by atoms with van der Waals surface area (Å²) in [5.41, 5.74) is 0. The highest BCUT2D eigenvalue weighted by Gasteiger charge is 2.27. The maximum Gasteiger partial charge on any atom is 0.241 e. The lowest BCUT2D eigenvalue weighted by atomic mass is 10.2. The second-order valence-corrected chi connectivity index (χ2v) is 8.63. The van der Waals surface area contributed by atoms with E-state index >= 15 is 0 Å². The molecule has 1 aromatic rings. The van der Waals surface area contributed by atoms with Gasteiger partial charge in [-0.15, -0.1) is 11.3 Å². The quantitative estimate of drug-likeness (QED) is 0.775. The highest BCUT2D eigenvalue weighted by Crippen LogP contribution is 2.33. The molecule has 0 aliphatic heterocycles. The van der Waals surface area contributed by atoms with Crippen molar-refractivity contribution in [3.8, 4) is 0 Å². The Morgan fingerprint density at radius 2 is 2.05 bits per heavy atom. The van der Waals surface area contributed by atoms with Crippen molar-refractivity contribution < 1.29 is 8.42 Å². The van der Waals surface area contributed by atoms with Gasteiger partial charge in [-0.25, -0.2) is 13.1 Å². The van der Waals surface area contributed by atoms with Crippen LogP contribution in [-0.4, -0.2) is 20.5 Å². The Kier molecular flexibility index (Phi) is 5.23. The Hall–Kier alpha value is -0.430. The van der Waals surface area contributed by atoms with Crippen molar-refractivity contribution in [3.63, 3.8) is 0 Å². The second kappa shape index (κ2) is 6.56. The lowest BCUT2D eigenvalue weighted by molar-refractivity contribution is 0.528. The minimum atomic E-state index is -3.39. The third-order valence-corrected chi connectivity index (χ3v) is 6.13. The highest BCUT2D eigenvalue weighted by atomic mass is 32.2. The molecule has 1 atom stereocenters. The first kappa shape index (κ1) is 15.9. The van der Waals surface area contributed by atoms with Crippen molar-refractivity contribution in [2.75, 3.05) is 0 Å². The average Bonchev–Trinajstić information content (AvgIpc) is 3.00. The minimum absolute atomic E-state index is 0.0123. The monoisotopic (exact) mass is 316 g/mol. The highest BCUT2D eigenvalue weighted by molar-refractivity contribution is 7.89. The van der Waals surface area contributed by atoms with Gasteiger partial charge in [-0.05, 0) is 30.7 Å². The summed E-state index contributed by atoms with van der Waals surface area (Å²) >= 11 is 1.49. The van der Waals surface area contributed by atoms with Crippen LogP contribution in [-0.2, 0) is 16.6 Å². The first-order valence-corrected chi connectivity index (χ1v) is 9.57. The van der Waals surface area contributed by atoms with Crippen LogP contribution >= 0.6 is 11.3 Å². The van der Waals surface area contributed by atoms with E-state index in [-0.39, 0.29) is 6.04 Å². The van der Waals surface area contributed by atoms with E-state index in [1.807, 2.05) is 12.3 Å². The summed E-state index contributed by atoms with van der Waals surface area (Å²) in [6.07, 6.45) is 3.44. The molecule has 1 unspecified atom stereocenters. The van der Waals surface area contributed by atoms with E-state index in [0.717, 1.165) is 17.2 Å². The van der Waals surface area contributed by atoms with Crippen molar-refractivity contribution in [1.29, 1.82) is 0 Å². The van der Waals surface area contributed by atoms with Crippen LogP contribution in [0.2, 0.25) is 0 Å². The van der Waals surface area contributed by atoms with Gasteiger partial charge in [0.15, 0.2) is 0 Å². The van der Waals surface area contributed by atoms with Gasteiger partial charge in [-0.1, -0.05) is 26.7 Å². The molecule has 6 heteroatoms. The molecular formula is C14H24N2O2S2. The summed E-state index contributed by atoms with van der Waals surface area (Å²) in [7, 11) is -3.39. The van der Waals surface area contributed by atoms with Crippen LogP contribution < -0.4 is 10.0 Å². The molecule has 0 bridgehead atoms. The van der Waals surface area contributed by atoms with Crippen molar-refractivity contribution >= 4 is 21.4 Å². The first-order valence-electron chi connectivity index (χ1n) is 7.20. The Bertz CT molecular complexity index is 533. The van der Waals surface area contributed by atoms with Crippen molar-refractivity contribution in [1.82, 2.24) is 10.0 Å². The molecule has 2 rings (SSSR count). The van der Waals surface area contributed by atoms with Crippen molar-refractivity contribution in [2.45, 2.75) is 63.6 Å². The second-order valence-electron chi connectivity index (χ2n) is 5.95. The third kappa shape index (κ3) is 4.55. The number of nitrogens with one attached hydrogen (secondary N) is 2. The number of hydrogen-bond donors (Lipinski definition) is 2. The number of thiophene rings is 1. The van der Waals surface area contributed by atoms with Gasteiger partial charge in [0.1, 0.15) is 0 Å². The molecule has 1 aliphatic carbocycles. The van der Waals surface area contributed by atoms with Gasteiger partial charge < -0.3 is 5.32 Å². The van der Waals surface area contributed by atoms with Gasteiger partial charge in [0.05, 0.1) is 4.90 Å². The molecule has 114 valence electrons. The number of rotatable bonds is 8. The average molecular weight is 316 g/mol. The Labute approximate surface area is 126 Å². The Morgan fingerprint density at radius 3 is 2.65 bits per heavy atom. The molecule has 20 heavy (non-hydrogen) atoms. The normalized spacial score (nSPS) is 17.6. The maximum absolute atomic E-state index is 12.4. The molecule has 0 amide bonds.